The molecule has 2 aromatic carbocycles. The van der Waals surface area contributed by atoms with Crippen LogP contribution < -0.4 is 10.2 Å². The van der Waals surface area contributed by atoms with Gasteiger partial charge in [-0.15, -0.1) is 11.8 Å². The maximum Gasteiger partial charge on any atom is 0.408 e. The molecule has 2 fully saturated rings. The van der Waals surface area contributed by atoms with Gasteiger partial charge in [-0.05, 0) is 62.8 Å². The summed E-state index contributed by atoms with van der Waals surface area (Å²) in [6, 6.07) is 12.3. The molecule has 0 unspecified atom stereocenters. The third-order valence-electron chi connectivity index (χ3n) is 6.99. The Morgan fingerprint density at radius 1 is 1.13 bits per heavy atom. The molecular weight excluding hydrogens is 510 g/mol. The fraction of sp³-hybridized carbons (Fsp3) is 0.483. The topological polar surface area (TPSA) is 75.7 Å². The van der Waals surface area contributed by atoms with Crippen molar-refractivity contribution >= 4 is 35.2 Å². The lowest BCUT2D eigenvalue weighted by Gasteiger charge is -2.27. The fourth-order valence-corrected chi connectivity index (χ4v) is 5.67. The molecule has 1 aliphatic heterocycles. The van der Waals surface area contributed by atoms with Crippen molar-refractivity contribution in [2.24, 2.45) is 5.92 Å². The summed E-state index contributed by atoms with van der Waals surface area (Å²) < 4.78 is 32.2. The van der Waals surface area contributed by atoms with Gasteiger partial charge in [-0.25, -0.2) is 13.6 Å². The highest BCUT2D eigenvalue weighted by Crippen LogP contribution is 2.51. The van der Waals surface area contributed by atoms with E-state index in [1.807, 2.05) is 12.1 Å². The second kappa shape index (κ2) is 9.98. The Kier molecular flexibility index (Phi) is 7.00. The number of thioether (sulfide) groups is 1. The molecule has 3 aliphatic rings. The molecule has 0 radical (unpaired) electrons. The van der Waals surface area contributed by atoms with E-state index in [1.54, 1.807) is 43.9 Å². The average Bonchev–Trinajstić information content (AvgIpc) is 3.76. The second-order valence-electron chi connectivity index (χ2n) is 11.4. The molecule has 202 valence electrons. The van der Waals surface area contributed by atoms with Gasteiger partial charge in [-0.2, -0.15) is 0 Å². The van der Waals surface area contributed by atoms with Crippen LogP contribution in [0.3, 0.4) is 0 Å². The quantitative estimate of drug-likeness (QED) is 0.414. The lowest BCUT2D eigenvalue weighted by atomic mass is 10.0. The van der Waals surface area contributed by atoms with E-state index in [2.05, 4.69) is 17.4 Å². The monoisotopic (exact) mass is 542 g/mol. The third-order valence-corrected chi connectivity index (χ3v) is 8.15. The lowest BCUT2D eigenvalue weighted by Crippen LogP contribution is -2.50. The van der Waals surface area contributed by atoms with E-state index in [4.69, 9.17) is 4.74 Å². The van der Waals surface area contributed by atoms with Crippen LogP contribution in [0.1, 0.15) is 73.9 Å². The molecule has 2 aliphatic carbocycles. The third kappa shape index (κ3) is 6.20. The zero-order valence-electron chi connectivity index (χ0n) is 21.8. The van der Waals surface area contributed by atoms with E-state index < -0.39 is 29.6 Å². The number of ether oxygens (including phenoxy) is 1. The van der Waals surface area contributed by atoms with Gasteiger partial charge in [0.25, 0.3) is 11.8 Å². The first-order chi connectivity index (χ1) is 17.9. The van der Waals surface area contributed by atoms with Crippen LogP contribution in [0.2, 0.25) is 0 Å². The van der Waals surface area contributed by atoms with E-state index in [9.17, 15) is 23.2 Å². The minimum Gasteiger partial charge on any atom is -0.444 e. The largest absolute Gasteiger partial charge is 0.444 e. The van der Waals surface area contributed by atoms with Crippen molar-refractivity contribution in [2.45, 2.75) is 81.4 Å². The molecule has 1 heterocycles. The van der Waals surface area contributed by atoms with E-state index in [0.717, 1.165) is 10.5 Å². The summed E-state index contributed by atoms with van der Waals surface area (Å²) in [6.45, 7) is 5.49. The smallest absolute Gasteiger partial charge is 0.408 e. The van der Waals surface area contributed by atoms with Crippen molar-refractivity contribution in [3.63, 3.8) is 0 Å². The predicted octanol–water partition coefficient (Wildman–Crippen LogP) is 6.32. The number of hydrogen-bond donors (Lipinski definition) is 1. The molecule has 0 aromatic heterocycles. The molecule has 1 N–H and O–H groups in total. The van der Waals surface area contributed by atoms with E-state index >= 15 is 0 Å². The minimum atomic E-state index is -2.77. The number of carbonyl (C=O) groups is 3. The Hall–Kier alpha value is -2.94. The van der Waals surface area contributed by atoms with Crippen molar-refractivity contribution in [1.82, 2.24) is 5.32 Å². The van der Waals surface area contributed by atoms with Crippen molar-refractivity contribution in [2.75, 3.05) is 10.7 Å². The summed E-state index contributed by atoms with van der Waals surface area (Å²) in [5, 5.41) is 2.71. The number of halogens is 2. The number of benzene rings is 2. The summed E-state index contributed by atoms with van der Waals surface area (Å²) >= 11 is 1.39. The predicted molar refractivity (Wildman–Crippen MR) is 142 cm³/mol. The van der Waals surface area contributed by atoms with Gasteiger partial charge in [0, 0.05) is 35.0 Å². The number of fused-ring (bicyclic) bond motifs is 1. The maximum absolute atomic E-state index is 13.8. The summed E-state index contributed by atoms with van der Waals surface area (Å²) in [6.07, 6.45) is 1.21. The Bertz CT molecular complexity index is 1250. The van der Waals surface area contributed by atoms with Crippen molar-refractivity contribution in [3.8, 4) is 0 Å². The summed E-state index contributed by atoms with van der Waals surface area (Å²) in [5.41, 5.74) is 2.30. The molecule has 5 rings (SSSR count). The number of alkyl halides is 2. The lowest BCUT2D eigenvalue weighted by molar-refractivity contribution is -0.120. The first-order valence-corrected chi connectivity index (χ1v) is 14.0. The zero-order valence-corrected chi connectivity index (χ0v) is 22.6. The average molecular weight is 543 g/mol. The molecule has 0 saturated heterocycles. The van der Waals surface area contributed by atoms with Crippen LogP contribution in [0, 0.1) is 5.92 Å². The Morgan fingerprint density at radius 3 is 2.42 bits per heavy atom. The minimum absolute atomic E-state index is 0.224. The van der Waals surface area contributed by atoms with Crippen LogP contribution in [-0.4, -0.2) is 41.1 Å². The maximum atomic E-state index is 13.8. The second-order valence-corrected chi connectivity index (χ2v) is 12.5. The molecule has 9 heteroatoms. The molecule has 38 heavy (non-hydrogen) atoms. The van der Waals surface area contributed by atoms with Crippen molar-refractivity contribution in [3.05, 3.63) is 59.2 Å². The van der Waals surface area contributed by atoms with Crippen LogP contribution in [0.25, 0.3) is 0 Å². The van der Waals surface area contributed by atoms with E-state index in [0.29, 0.717) is 17.2 Å². The number of nitrogens with zero attached hydrogens (tertiary/aromatic N) is 1. The zero-order chi connectivity index (χ0) is 27.2. The van der Waals surface area contributed by atoms with Crippen LogP contribution in [-0.2, 0) is 16.1 Å². The van der Waals surface area contributed by atoms with Crippen molar-refractivity contribution < 1.29 is 27.9 Å². The molecule has 6 nitrogen and oxygen atoms in total. The number of amides is 2. The number of hydrogen-bond acceptors (Lipinski definition) is 5. The molecule has 2 aromatic rings. The Morgan fingerprint density at radius 2 is 1.82 bits per heavy atom. The normalized spacial score (nSPS) is 22.3. The van der Waals surface area contributed by atoms with Crippen LogP contribution in [0.15, 0.2) is 47.4 Å². The first-order valence-electron chi connectivity index (χ1n) is 13.0. The fourth-order valence-electron chi connectivity index (χ4n) is 4.62. The highest BCUT2D eigenvalue weighted by atomic mass is 32.2. The Balaban J connectivity index is 1.42. The molecule has 2 atom stereocenters. The van der Waals surface area contributed by atoms with Gasteiger partial charge in [0.1, 0.15) is 11.6 Å². The van der Waals surface area contributed by atoms with Gasteiger partial charge in [0.05, 0.1) is 12.2 Å². The molecular formula is C29H32F2N2O4S. The van der Waals surface area contributed by atoms with Gasteiger partial charge >= 0.3 is 6.09 Å². The standard InChI is InChI=1S/C29H32F2N2O4S/c1-28(2,3)37-27(36)32-22-16-38-25-11-10-20(24(34)13-21-14-29(21,30)31)12-23(25)33(26(22)35)15-17-4-6-18(7-5-17)19-8-9-19/h4-7,10-12,19,21-22H,8-9,13-16H2,1-3H3,(H,32,36)/t21-,22+/m1/s1. The number of alkyl carbamates (subject to hydrolysis) is 1. The SMILES string of the molecule is CC(C)(C)OC(=O)N[C@H]1CSc2ccc(C(=O)C[C@@H]3CC3(F)F)cc2N(Cc2ccc(C3CC3)cc2)C1=O. The van der Waals surface area contributed by atoms with Gasteiger partial charge in [0.15, 0.2) is 5.78 Å². The summed E-state index contributed by atoms with van der Waals surface area (Å²) in [5.74, 6) is -3.50. The van der Waals surface area contributed by atoms with Gasteiger partial charge in [0.2, 0.25) is 0 Å². The molecule has 2 saturated carbocycles. The number of carbonyl (C=O) groups excluding carboxylic acids is 3. The van der Waals surface area contributed by atoms with Crippen molar-refractivity contribution in [1.29, 1.82) is 0 Å². The van der Waals surface area contributed by atoms with Gasteiger partial charge in [-0.3, -0.25) is 9.59 Å². The van der Waals surface area contributed by atoms with Crippen LogP contribution in [0.5, 0.6) is 0 Å². The summed E-state index contributed by atoms with van der Waals surface area (Å²) in [4.78, 5) is 41.5. The number of anilines is 1. The summed E-state index contributed by atoms with van der Waals surface area (Å²) in [7, 11) is 0. The van der Waals surface area contributed by atoms with E-state index in [-0.39, 0.29) is 36.8 Å². The molecule has 0 bridgehead atoms. The molecule has 0 spiro atoms. The highest BCUT2D eigenvalue weighted by molar-refractivity contribution is 7.99. The number of Topliss-reactive ketones (excluding diaryl/α,β-unsaturated/α-hetero) is 1. The van der Waals surface area contributed by atoms with Gasteiger partial charge in [-0.1, -0.05) is 30.3 Å². The number of ketones is 1. The van der Waals surface area contributed by atoms with Gasteiger partial charge < -0.3 is 15.0 Å². The first kappa shape index (κ1) is 26.7. The highest BCUT2D eigenvalue weighted by Gasteiger charge is 2.57. The van der Waals surface area contributed by atoms with E-state index in [1.165, 1.54) is 30.2 Å². The van der Waals surface area contributed by atoms with Crippen LogP contribution >= 0.6 is 11.8 Å². The number of rotatable bonds is 7. The Labute approximate surface area is 225 Å². The molecule has 2 amide bonds. The van der Waals surface area contributed by atoms with Crippen LogP contribution in [0.4, 0.5) is 19.3 Å². The number of nitrogens with one attached hydrogen (secondary N) is 1.